The Labute approximate surface area is 138 Å². The van der Waals surface area contributed by atoms with Crippen LogP contribution in [0.3, 0.4) is 0 Å². The van der Waals surface area contributed by atoms with Gasteiger partial charge in [-0.25, -0.2) is 0 Å². The number of aromatic nitrogens is 2. The van der Waals surface area contributed by atoms with Gasteiger partial charge in [-0.1, -0.05) is 16.8 Å². The van der Waals surface area contributed by atoms with Gasteiger partial charge in [-0.3, -0.25) is 9.69 Å². The summed E-state index contributed by atoms with van der Waals surface area (Å²) in [6, 6.07) is 7.25. The van der Waals surface area contributed by atoms with E-state index in [-0.39, 0.29) is 0 Å². The van der Waals surface area contributed by atoms with Gasteiger partial charge in [-0.2, -0.15) is 4.98 Å². The highest BCUT2D eigenvalue weighted by molar-refractivity contribution is 6.30. The molecule has 0 unspecified atom stereocenters. The minimum absolute atomic E-state index is 0.433. The number of ether oxygens (including phenoxy) is 1. The van der Waals surface area contributed by atoms with Crippen LogP contribution in [0.2, 0.25) is 5.02 Å². The van der Waals surface area contributed by atoms with Crippen LogP contribution < -0.4 is 5.73 Å². The molecular formula is C15H17ClN4O3. The van der Waals surface area contributed by atoms with Crippen molar-refractivity contribution in [2.75, 3.05) is 26.2 Å². The van der Waals surface area contributed by atoms with Gasteiger partial charge in [0.1, 0.15) is 6.10 Å². The highest BCUT2D eigenvalue weighted by Crippen LogP contribution is 2.19. The molecule has 2 heterocycles. The summed E-state index contributed by atoms with van der Waals surface area (Å²) in [5.74, 6) is 0.656. The third-order valence-electron chi connectivity index (χ3n) is 3.68. The summed E-state index contributed by atoms with van der Waals surface area (Å²) in [4.78, 5) is 17.7. The second kappa shape index (κ2) is 7.08. The zero-order chi connectivity index (χ0) is 16.2. The normalized spacial score (nSPS) is 18.9. The van der Waals surface area contributed by atoms with E-state index in [1.807, 2.05) is 12.1 Å². The Balaban J connectivity index is 1.57. The zero-order valence-electron chi connectivity index (χ0n) is 12.4. The van der Waals surface area contributed by atoms with Crippen molar-refractivity contribution in [3.63, 3.8) is 0 Å². The lowest BCUT2D eigenvalue weighted by atomic mass is 10.2. The van der Waals surface area contributed by atoms with E-state index in [0.717, 1.165) is 12.1 Å². The molecule has 1 saturated heterocycles. The number of primary amides is 1. The predicted molar refractivity (Wildman–Crippen MR) is 83.8 cm³/mol. The van der Waals surface area contributed by atoms with E-state index in [1.165, 1.54) is 0 Å². The molecule has 0 bridgehead atoms. The van der Waals surface area contributed by atoms with Crippen LogP contribution in [0, 0.1) is 0 Å². The van der Waals surface area contributed by atoms with Gasteiger partial charge < -0.3 is 15.0 Å². The number of nitrogens with two attached hydrogens (primary N) is 1. The fourth-order valence-electron chi connectivity index (χ4n) is 2.40. The molecule has 122 valence electrons. The summed E-state index contributed by atoms with van der Waals surface area (Å²) in [5.41, 5.74) is 6.13. The van der Waals surface area contributed by atoms with Gasteiger partial charge in [-0.05, 0) is 24.3 Å². The van der Waals surface area contributed by atoms with Crippen LogP contribution in [0.25, 0.3) is 11.4 Å². The Morgan fingerprint density at radius 2 is 2.17 bits per heavy atom. The van der Waals surface area contributed by atoms with E-state index in [1.54, 1.807) is 12.1 Å². The molecule has 1 aromatic carbocycles. The topological polar surface area (TPSA) is 94.5 Å². The van der Waals surface area contributed by atoms with Gasteiger partial charge in [0.15, 0.2) is 0 Å². The van der Waals surface area contributed by atoms with Crippen molar-refractivity contribution < 1.29 is 14.1 Å². The summed E-state index contributed by atoms with van der Waals surface area (Å²) < 4.78 is 10.6. The van der Waals surface area contributed by atoms with Gasteiger partial charge in [0.2, 0.25) is 17.6 Å². The summed E-state index contributed by atoms with van der Waals surface area (Å²) in [5, 5.41) is 4.64. The zero-order valence-corrected chi connectivity index (χ0v) is 13.2. The first-order valence-electron chi connectivity index (χ1n) is 7.33. The van der Waals surface area contributed by atoms with Gasteiger partial charge >= 0.3 is 0 Å². The summed E-state index contributed by atoms with van der Waals surface area (Å²) >= 11 is 5.86. The first-order chi connectivity index (χ1) is 11.1. The minimum atomic E-state index is -0.545. The molecule has 1 aromatic heterocycles. The Bertz CT molecular complexity index is 674. The van der Waals surface area contributed by atoms with Crippen LogP contribution in [0.4, 0.5) is 0 Å². The molecule has 7 nitrogen and oxygen atoms in total. The average molecular weight is 337 g/mol. The van der Waals surface area contributed by atoms with Crippen molar-refractivity contribution >= 4 is 17.5 Å². The molecule has 0 aliphatic carbocycles. The van der Waals surface area contributed by atoms with Crippen molar-refractivity contribution in [2.45, 2.75) is 12.5 Å². The van der Waals surface area contributed by atoms with Gasteiger partial charge in [0.05, 0.1) is 6.61 Å². The molecule has 1 fully saturated rings. The Morgan fingerprint density at radius 1 is 1.39 bits per heavy atom. The quantitative estimate of drug-likeness (QED) is 0.879. The number of rotatable bonds is 5. The molecule has 2 N–H and O–H groups in total. The first kappa shape index (κ1) is 15.9. The van der Waals surface area contributed by atoms with Crippen LogP contribution in [0.1, 0.15) is 5.89 Å². The fourth-order valence-corrected chi connectivity index (χ4v) is 2.53. The van der Waals surface area contributed by atoms with Crippen molar-refractivity contribution in [1.29, 1.82) is 0 Å². The lowest BCUT2D eigenvalue weighted by Crippen LogP contribution is -2.48. The molecule has 0 saturated carbocycles. The van der Waals surface area contributed by atoms with Crippen LogP contribution in [0.5, 0.6) is 0 Å². The van der Waals surface area contributed by atoms with Gasteiger partial charge in [-0.15, -0.1) is 0 Å². The molecule has 1 atom stereocenters. The summed E-state index contributed by atoms with van der Waals surface area (Å²) in [6.07, 6.45) is 0.0579. The molecule has 1 aliphatic rings. The summed E-state index contributed by atoms with van der Waals surface area (Å²) in [7, 11) is 0. The van der Waals surface area contributed by atoms with Crippen LogP contribution >= 0.6 is 11.6 Å². The monoisotopic (exact) mass is 336 g/mol. The predicted octanol–water partition coefficient (Wildman–Crippen LogP) is 1.12. The van der Waals surface area contributed by atoms with Crippen LogP contribution in [-0.4, -0.2) is 53.3 Å². The number of carbonyl (C=O) groups is 1. The maximum Gasteiger partial charge on any atom is 0.247 e. The molecule has 0 spiro atoms. The molecule has 1 aliphatic heterocycles. The number of halogens is 1. The number of nitrogens with zero attached hydrogens (tertiary/aromatic N) is 3. The van der Waals surface area contributed by atoms with E-state index in [9.17, 15) is 4.79 Å². The number of hydrogen-bond donors (Lipinski definition) is 1. The van der Waals surface area contributed by atoms with Gasteiger partial charge in [0, 0.05) is 36.6 Å². The van der Waals surface area contributed by atoms with Crippen molar-refractivity contribution in [3.8, 4) is 11.4 Å². The smallest absolute Gasteiger partial charge is 0.247 e. The second-order valence-corrected chi connectivity index (χ2v) is 5.77. The Kier molecular flexibility index (Phi) is 4.90. The molecule has 1 amide bonds. The minimum Gasteiger partial charge on any atom is -0.367 e. The van der Waals surface area contributed by atoms with E-state index in [4.69, 9.17) is 26.6 Å². The highest BCUT2D eigenvalue weighted by atomic mass is 35.5. The lowest BCUT2D eigenvalue weighted by Gasteiger charge is -2.30. The standard InChI is InChI=1S/C15H17ClN4O3/c16-11-3-1-10(2-4-11)15-18-13(23-19-15)5-6-20-7-8-22-12(9-20)14(17)21/h1-4,12H,5-9H2,(H2,17,21)/t12-/m0/s1. The van der Waals surface area contributed by atoms with Crippen molar-refractivity contribution in [2.24, 2.45) is 5.73 Å². The largest absolute Gasteiger partial charge is 0.367 e. The molecule has 0 radical (unpaired) electrons. The van der Waals surface area contributed by atoms with Crippen LogP contribution in [0.15, 0.2) is 28.8 Å². The number of amides is 1. The molecule has 8 heteroatoms. The van der Waals surface area contributed by atoms with E-state index < -0.39 is 12.0 Å². The van der Waals surface area contributed by atoms with E-state index in [2.05, 4.69) is 15.0 Å². The number of benzene rings is 1. The van der Waals surface area contributed by atoms with Gasteiger partial charge in [0.25, 0.3) is 0 Å². The molecule has 23 heavy (non-hydrogen) atoms. The molecule has 2 aromatic rings. The summed E-state index contributed by atoms with van der Waals surface area (Å²) in [6.45, 7) is 2.44. The van der Waals surface area contributed by atoms with E-state index >= 15 is 0 Å². The van der Waals surface area contributed by atoms with Crippen molar-refractivity contribution in [1.82, 2.24) is 15.0 Å². The van der Waals surface area contributed by atoms with Crippen LogP contribution in [-0.2, 0) is 16.0 Å². The van der Waals surface area contributed by atoms with E-state index in [0.29, 0.717) is 42.9 Å². The Hall–Kier alpha value is -1.96. The maximum atomic E-state index is 11.2. The number of hydrogen-bond acceptors (Lipinski definition) is 6. The molecular weight excluding hydrogens is 320 g/mol. The first-order valence-corrected chi connectivity index (χ1v) is 7.71. The fraction of sp³-hybridized carbons (Fsp3) is 0.400. The lowest BCUT2D eigenvalue weighted by molar-refractivity contribution is -0.135. The molecule has 3 rings (SSSR count). The highest BCUT2D eigenvalue weighted by Gasteiger charge is 2.24. The average Bonchev–Trinajstić information content (AvgIpc) is 3.03. The SMILES string of the molecule is NC(=O)[C@@H]1CN(CCc2nc(-c3ccc(Cl)cc3)no2)CCO1. The van der Waals surface area contributed by atoms with Crippen molar-refractivity contribution in [3.05, 3.63) is 35.2 Å². The third-order valence-corrected chi connectivity index (χ3v) is 3.93. The number of morpholine rings is 1. The maximum absolute atomic E-state index is 11.2. The number of carbonyl (C=O) groups excluding carboxylic acids is 1. The second-order valence-electron chi connectivity index (χ2n) is 5.33. The third kappa shape index (κ3) is 4.07. The Morgan fingerprint density at radius 3 is 2.91 bits per heavy atom.